The van der Waals surface area contributed by atoms with Crippen LogP contribution in [0, 0.1) is 0 Å². The highest BCUT2D eigenvalue weighted by atomic mass is 16.3. The lowest BCUT2D eigenvalue weighted by molar-refractivity contribution is 0.0950. The highest BCUT2D eigenvalue weighted by molar-refractivity contribution is 6.05. The maximum atomic E-state index is 12.0. The number of benzene rings is 1. The minimum Gasteiger partial charge on any atom is -0.463 e. The van der Waals surface area contributed by atoms with E-state index in [1.165, 1.54) is 6.26 Å². The molecule has 0 fully saturated rings. The van der Waals surface area contributed by atoms with E-state index in [2.05, 4.69) is 25.9 Å². The summed E-state index contributed by atoms with van der Waals surface area (Å²) in [6.07, 6.45) is 1.44. The van der Waals surface area contributed by atoms with Crippen LogP contribution in [0.2, 0.25) is 0 Å². The van der Waals surface area contributed by atoms with Crippen molar-refractivity contribution in [3.05, 3.63) is 41.9 Å². The average Bonchev–Trinajstić information content (AvgIpc) is 3.05. The van der Waals surface area contributed by atoms with Gasteiger partial charge in [0.05, 0.1) is 12.1 Å². The first kappa shape index (κ1) is 10.5. The number of amides is 1. The number of hydrogen-bond donors (Lipinski definition) is 2. The minimum atomic E-state index is -0.232. The van der Waals surface area contributed by atoms with Crippen LogP contribution in [0.3, 0.4) is 0 Å². The molecule has 7 heteroatoms. The molecule has 0 unspecified atom stereocenters. The lowest BCUT2D eigenvalue weighted by Crippen LogP contribution is -2.23. The van der Waals surface area contributed by atoms with Gasteiger partial charge in [-0.05, 0) is 6.07 Å². The molecule has 0 aliphatic carbocycles. The summed E-state index contributed by atoms with van der Waals surface area (Å²) < 4.78 is 5.30. The van der Waals surface area contributed by atoms with Gasteiger partial charge in [0.25, 0.3) is 5.91 Å². The summed E-state index contributed by atoms with van der Waals surface area (Å²) in [5, 5.41) is 16.7. The van der Waals surface area contributed by atoms with Gasteiger partial charge in [-0.2, -0.15) is 5.21 Å². The predicted octanol–water partition coefficient (Wildman–Crippen LogP) is 0.876. The molecule has 0 atom stereocenters. The van der Waals surface area contributed by atoms with Gasteiger partial charge in [0.2, 0.25) is 0 Å². The third-order valence-corrected chi connectivity index (χ3v) is 2.52. The van der Waals surface area contributed by atoms with E-state index in [0.717, 1.165) is 5.39 Å². The van der Waals surface area contributed by atoms with E-state index in [1.54, 1.807) is 0 Å². The lowest BCUT2D eigenvalue weighted by atomic mass is 10.1. The molecule has 2 aromatic heterocycles. The zero-order valence-corrected chi connectivity index (χ0v) is 9.25. The van der Waals surface area contributed by atoms with Gasteiger partial charge in [-0.1, -0.05) is 23.4 Å². The van der Waals surface area contributed by atoms with E-state index in [-0.39, 0.29) is 12.5 Å². The van der Waals surface area contributed by atoms with Crippen LogP contribution >= 0.6 is 0 Å². The number of aromatic amines is 1. The van der Waals surface area contributed by atoms with Crippen LogP contribution in [0.4, 0.5) is 0 Å². The van der Waals surface area contributed by atoms with Crippen molar-refractivity contribution in [3.63, 3.8) is 0 Å². The molecule has 3 aromatic rings. The zero-order valence-electron chi connectivity index (χ0n) is 9.25. The number of tetrazole rings is 1. The Morgan fingerprint density at radius 2 is 2.28 bits per heavy atom. The van der Waals surface area contributed by atoms with Crippen molar-refractivity contribution in [2.24, 2.45) is 0 Å². The normalized spacial score (nSPS) is 10.7. The van der Waals surface area contributed by atoms with E-state index in [0.29, 0.717) is 17.0 Å². The van der Waals surface area contributed by atoms with Gasteiger partial charge in [0.1, 0.15) is 11.8 Å². The van der Waals surface area contributed by atoms with E-state index in [4.69, 9.17) is 4.42 Å². The smallest absolute Gasteiger partial charge is 0.255 e. The van der Waals surface area contributed by atoms with Gasteiger partial charge in [-0.15, -0.1) is 10.2 Å². The molecule has 2 N–H and O–H groups in total. The van der Waals surface area contributed by atoms with Crippen molar-refractivity contribution in [1.82, 2.24) is 25.9 Å². The van der Waals surface area contributed by atoms with Crippen LogP contribution < -0.4 is 5.32 Å². The third-order valence-electron chi connectivity index (χ3n) is 2.52. The number of rotatable bonds is 3. The number of hydrogen-bond acceptors (Lipinski definition) is 5. The minimum absolute atomic E-state index is 0.217. The maximum absolute atomic E-state index is 12.0. The molecule has 0 bridgehead atoms. The second-order valence-corrected chi connectivity index (χ2v) is 3.66. The summed E-state index contributed by atoms with van der Waals surface area (Å²) in [5.41, 5.74) is 1.18. The highest BCUT2D eigenvalue weighted by Gasteiger charge is 2.13. The number of fused-ring (bicyclic) bond motifs is 1. The fourth-order valence-electron chi connectivity index (χ4n) is 1.67. The molecule has 0 spiro atoms. The lowest BCUT2D eigenvalue weighted by Gasteiger charge is -1.99. The Hall–Kier alpha value is -2.70. The number of nitrogens with zero attached hydrogens (tertiary/aromatic N) is 3. The summed E-state index contributed by atoms with van der Waals surface area (Å²) >= 11 is 0. The molecule has 90 valence electrons. The molecule has 18 heavy (non-hydrogen) atoms. The van der Waals surface area contributed by atoms with Crippen molar-refractivity contribution in [2.45, 2.75) is 6.54 Å². The van der Waals surface area contributed by atoms with Crippen LogP contribution in [0.5, 0.6) is 0 Å². The number of furan rings is 1. The van der Waals surface area contributed by atoms with Gasteiger partial charge in [-0.3, -0.25) is 4.79 Å². The summed E-state index contributed by atoms with van der Waals surface area (Å²) in [6, 6.07) is 7.36. The summed E-state index contributed by atoms with van der Waals surface area (Å²) in [7, 11) is 0. The molecule has 2 heterocycles. The molecule has 1 aromatic carbocycles. The number of nitrogens with one attached hydrogen (secondary N) is 2. The van der Waals surface area contributed by atoms with Crippen LogP contribution in [0.1, 0.15) is 16.2 Å². The molecule has 7 nitrogen and oxygen atoms in total. The van der Waals surface area contributed by atoms with Gasteiger partial charge >= 0.3 is 0 Å². The van der Waals surface area contributed by atoms with Crippen molar-refractivity contribution in [1.29, 1.82) is 0 Å². The molecule has 0 aliphatic rings. The van der Waals surface area contributed by atoms with Crippen LogP contribution in [-0.2, 0) is 6.54 Å². The molecule has 0 aliphatic heterocycles. The third kappa shape index (κ3) is 1.81. The van der Waals surface area contributed by atoms with Gasteiger partial charge in [-0.25, -0.2) is 0 Å². The highest BCUT2D eigenvalue weighted by Crippen LogP contribution is 2.20. The SMILES string of the molecule is O=C(NCc1nn[nH]n1)c1coc2ccccc12. The molecule has 0 saturated heterocycles. The number of para-hydroxylation sites is 1. The molecular formula is C11H9N5O2. The average molecular weight is 243 g/mol. The second kappa shape index (κ2) is 4.28. The number of H-pyrrole nitrogens is 1. The van der Waals surface area contributed by atoms with Crippen LogP contribution in [-0.4, -0.2) is 26.5 Å². The van der Waals surface area contributed by atoms with Crippen LogP contribution in [0.25, 0.3) is 11.0 Å². The Labute approximate surface area is 101 Å². The summed E-state index contributed by atoms with van der Waals surface area (Å²) in [6.45, 7) is 0.217. The summed E-state index contributed by atoms with van der Waals surface area (Å²) in [4.78, 5) is 12.0. The molecular weight excluding hydrogens is 234 g/mol. The van der Waals surface area contributed by atoms with Gasteiger partial charge in [0, 0.05) is 5.39 Å². The van der Waals surface area contributed by atoms with Crippen molar-refractivity contribution >= 4 is 16.9 Å². The van der Waals surface area contributed by atoms with Gasteiger partial charge in [0.15, 0.2) is 5.82 Å². The Balaban J connectivity index is 1.80. The monoisotopic (exact) mass is 243 g/mol. The standard InChI is InChI=1S/C11H9N5O2/c17-11(12-5-10-13-15-16-14-10)8-6-18-9-4-2-1-3-7(8)9/h1-4,6H,5H2,(H,12,17)(H,13,14,15,16). The first-order valence-electron chi connectivity index (χ1n) is 5.31. The first-order chi connectivity index (χ1) is 8.84. The number of carbonyl (C=O) groups excluding carboxylic acids is 1. The molecule has 0 radical (unpaired) electrons. The van der Waals surface area contributed by atoms with E-state index in [1.807, 2.05) is 24.3 Å². The van der Waals surface area contributed by atoms with Crippen LogP contribution in [0.15, 0.2) is 34.9 Å². The van der Waals surface area contributed by atoms with E-state index < -0.39 is 0 Å². The zero-order chi connectivity index (χ0) is 12.4. The van der Waals surface area contributed by atoms with E-state index in [9.17, 15) is 4.79 Å². The van der Waals surface area contributed by atoms with Crippen molar-refractivity contribution < 1.29 is 9.21 Å². The summed E-state index contributed by atoms with van der Waals surface area (Å²) in [5.74, 6) is 0.195. The first-order valence-corrected chi connectivity index (χ1v) is 5.31. The fraction of sp³-hybridized carbons (Fsp3) is 0.0909. The van der Waals surface area contributed by atoms with E-state index >= 15 is 0 Å². The second-order valence-electron chi connectivity index (χ2n) is 3.66. The molecule has 0 saturated carbocycles. The largest absolute Gasteiger partial charge is 0.463 e. The number of carbonyl (C=O) groups is 1. The van der Waals surface area contributed by atoms with Crippen molar-refractivity contribution in [2.75, 3.05) is 0 Å². The van der Waals surface area contributed by atoms with Crippen molar-refractivity contribution in [3.8, 4) is 0 Å². The Morgan fingerprint density at radius 3 is 3.11 bits per heavy atom. The van der Waals surface area contributed by atoms with Gasteiger partial charge < -0.3 is 9.73 Å². The molecule has 3 rings (SSSR count). The fourth-order valence-corrected chi connectivity index (χ4v) is 1.67. The topological polar surface area (TPSA) is 96.7 Å². The Morgan fingerprint density at radius 1 is 1.39 bits per heavy atom. The number of aromatic nitrogens is 4. The Kier molecular flexibility index (Phi) is 2.49. The Bertz CT molecular complexity index is 674. The quantitative estimate of drug-likeness (QED) is 0.711. The maximum Gasteiger partial charge on any atom is 0.255 e. The molecule has 1 amide bonds. The predicted molar refractivity (Wildman–Crippen MR) is 61.6 cm³/mol.